The highest BCUT2D eigenvalue weighted by Gasteiger charge is 2.41. The zero-order chi connectivity index (χ0) is 22.1. The second-order valence-corrected chi connectivity index (χ2v) is 8.86. The van der Waals surface area contributed by atoms with Crippen LogP contribution in [-0.4, -0.2) is 70.9 Å². The second kappa shape index (κ2) is 8.63. The summed E-state index contributed by atoms with van der Waals surface area (Å²) < 4.78 is 7.33. The Kier molecular flexibility index (Phi) is 5.53. The third-order valence-electron chi connectivity index (χ3n) is 6.28. The van der Waals surface area contributed by atoms with E-state index < -0.39 is 0 Å². The summed E-state index contributed by atoms with van der Waals surface area (Å²) in [4.78, 5) is 23.4. The number of nitrogens with zero attached hydrogens (tertiary/aromatic N) is 6. The fraction of sp³-hybridized carbons (Fsp3) is 0.375. The number of amides is 1. The molecule has 2 aliphatic heterocycles. The summed E-state index contributed by atoms with van der Waals surface area (Å²) in [7, 11) is 3.89. The molecule has 0 N–H and O–H groups in total. The first-order valence-electron chi connectivity index (χ1n) is 11.0. The van der Waals surface area contributed by atoms with Gasteiger partial charge in [-0.15, -0.1) is 0 Å². The first-order chi connectivity index (χ1) is 15.5. The van der Waals surface area contributed by atoms with Gasteiger partial charge in [-0.3, -0.25) is 4.90 Å². The predicted molar refractivity (Wildman–Crippen MR) is 122 cm³/mol. The molecule has 4 heterocycles. The van der Waals surface area contributed by atoms with Crippen LogP contribution in [0.1, 0.15) is 5.56 Å². The molecule has 0 spiro atoms. The lowest BCUT2D eigenvalue weighted by atomic mass is 10.0. The Morgan fingerprint density at radius 3 is 2.59 bits per heavy atom. The molecule has 2 unspecified atom stereocenters. The van der Waals surface area contributed by atoms with Gasteiger partial charge < -0.3 is 14.5 Å². The lowest BCUT2D eigenvalue weighted by Crippen LogP contribution is -2.36. The van der Waals surface area contributed by atoms with Crippen molar-refractivity contribution in [3.8, 4) is 11.6 Å². The number of likely N-dealkylation sites (tertiary alicyclic amines) is 2. The molecule has 2 atom stereocenters. The molecule has 2 saturated heterocycles. The van der Waals surface area contributed by atoms with Crippen LogP contribution in [0, 0.1) is 11.8 Å². The number of fused-ring (bicyclic) bond motifs is 1. The van der Waals surface area contributed by atoms with Gasteiger partial charge in [-0.25, -0.2) is 9.78 Å². The topological polar surface area (TPSA) is 66.7 Å². The number of hydrogen-bond acceptors (Lipinski definition) is 6. The molecule has 0 aliphatic carbocycles. The molecule has 1 aromatic carbocycles. The first kappa shape index (κ1) is 20.5. The van der Waals surface area contributed by atoms with E-state index in [-0.39, 0.29) is 6.03 Å². The summed E-state index contributed by atoms with van der Waals surface area (Å²) in [5.41, 5.74) is 2.15. The molecule has 3 aromatic rings. The van der Waals surface area contributed by atoms with Gasteiger partial charge in [-0.2, -0.15) is 9.78 Å². The van der Waals surface area contributed by atoms with E-state index in [9.17, 15) is 4.79 Å². The minimum absolute atomic E-state index is 0.0292. The molecule has 5 rings (SSSR count). The summed E-state index contributed by atoms with van der Waals surface area (Å²) in [5, 5.41) is 4.24. The first-order valence-corrected chi connectivity index (χ1v) is 11.0. The van der Waals surface area contributed by atoms with Gasteiger partial charge in [0.25, 0.3) is 0 Å². The largest absolute Gasteiger partial charge is 0.439 e. The molecule has 0 saturated carbocycles. The van der Waals surface area contributed by atoms with E-state index in [1.807, 2.05) is 54.2 Å². The van der Waals surface area contributed by atoms with E-state index in [1.165, 1.54) is 10.2 Å². The fourth-order valence-corrected chi connectivity index (χ4v) is 4.66. The number of carbonyl (C=O) groups excluding carboxylic acids is 1. The van der Waals surface area contributed by atoms with Crippen LogP contribution in [0.25, 0.3) is 0 Å². The maximum atomic E-state index is 12.8. The molecule has 8 heteroatoms. The Morgan fingerprint density at radius 2 is 1.91 bits per heavy atom. The van der Waals surface area contributed by atoms with E-state index in [1.54, 1.807) is 18.6 Å². The zero-order valence-electron chi connectivity index (χ0n) is 18.5. The van der Waals surface area contributed by atoms with Gasteiger partial charge in [0.1, 0.15) is 5.75 Å². The van der Waals surface area contributed by atoms with Gasteiger partial charge in [0.15, 0.2) is 0 Å². The fourth-order valence-electron chi connectivity index (χ4n) is 4.66. The van der Waals surface area contributed by atoms with Gasteiger partial charge in [-0.1, -0.05) is 18.2 Å². The lowest BCUT2D eigenvalue weighted by molar-refractivity contribution is 0.197. The number of aromatic nitrogens is 3. The molecule has 0 bridgehead atoms. The van der Waals surface area contributed by atoms with Gasteiger partial charge in [0.05, 0.1) is 18.1 Å². The van der Waals surface area contributed by atoms with Crippen LogP contribution < -0.4 is 9.64 Å². The van der Waals surface area contributed by atoms with Crippen LogP contribution in [0.3, 0.4) is 0 Å². The van der Waals surface area contributed by atoms with E-state index in [0.29, 0.717) is 17.7 Å². The monoisotopic (exact) mass is 432 g/mol. The average Bonchev–Trinajstić information content (AvgIpc) is 3.49. The molecule has 2 aromatic heterocycles. The van der Waals surface area contributed by atoms with Gasteiger partial charge in [0, 0.05) is 59.1 Å². The molecule has 1 amide bonds. The Labute approximate surface area is 188 Å². The van der Waals surface area contributed by atoms with E-state index in [0.717, 1.165) is 44.2 Å². The predicted octanol–water partition coefficient (Wildman–Crippen LogP) is 3.17. The number of rotatable bonds is 5. The second-order valence-electron chi connectivity index (χ2n) is 8.86. The SMILES string of the molecule is CN(C)c1cnn(C(=O)N2CC3CN(Cc4cccc(Oc5ccccn5)c4)CC3C2)c1. The normalized spacial score (nSPS) is 20.4. The lowest BCUT2D eigenvalue weighted by Gasteiger charge is -2.21. The number of anilines is 1. The van der Waals surface area contributed by atoms with Crippen LogP contribution in [0.2, 0.25) is 0 Å². The quantitative estimate of drug-likeness (QED) is 0.617. The number of benzene rings is 1. The maximum absolute atomic E-state index is 12.8. The van der Waals surface area contributed by atoms with Crippen molar-refractivity contribution in [2.75, 3.05) is 45.2 Å². The molecule has 2 fully saturated rings. The molecule has 32 heavy (non-hydrogen) atoms. The Balaban J connectivity index is 1.16. The highest BCUT2D eigenvalue weighted by molar-refractivity contribution is 5.77. The standard InChI is InChI=1S/C24H28N6O2/c1-27(2)21-11-26-30(17-21)24(31)29-15-19-13-28(14-20(19)16-29)12-18-6-5-7-22(10-18)32-23-8-3-4-9-25-23/h3-11,17,19-20H,12-16H2,1-2H3. The van der Waals surface area contributed by atoms with Crippen LogP contribution in [-0.2, 0) is 6.54 Å². The smallest absolute Gasteiger partial charge is 0.344 e. The van der Waals surface area contributed by atoms with Crippen LogP contribution in [0.5, 0.6) is 11.6 Å². The van der Waals surface area contributed by atoms with Crippen LogP contribution >= 0.6 is 0 Å². The summed E-state index contributed by atoms with van der Waals surface area (Å²) in [6.07, 6.45) is 5.24. The third kappa shape index (κ3) is 4.31. The zero-order valence-corrected chi connectivity index (χ0v) is 18.5. The van der Waals surface area contributed by atoms with Gasteiger partial charge >= 0.3 is 6.03 Å². The summed E-state index contributed by atoms with van der Waals surface area (Å²) in [5.74, 6) is 2.42. The molecular formula is C24H28N6O2. The van der Waals surface area contributed by atoms with Crippen molar-refractivity contribution >= 4 is 11.7 Å². The molecule has 8 nitrogen and oxygen atoms in total. The Hall–Kier alpha value is -3.39. The Bertz CT molecular complexity index is 1070. The van der Waals surface area contributed by atoms with E-state index in [2.05, 4.69) is 27.1 Å². The average molecular weight is 433 g/mol. The number of hydrogen-bond donors (Lipinski definition) is 0. The van der Waals surface area contributed by atoms with Crippen LogP contribution in [0.4, 0.5) is 10.5 Å². The van der Waals surface area contributed by atoms with Crippen molar-refractivity contribution in [3.63, 3.8) is 0 Å². The minimum atomic E-state index is -0.0292. The van der Waals surface area contributed by atoms with Crippen molar-refractivity contribution in [2.24, 2.45) is 11.8 Å². The van der Waals surface area contributed by atoms with Crippen molar-refractivity contribution in [2.45, 2.75) is 6.54 Å². The Morgan fingerprint density at radius 1 is 1.09 bits per heavy atom. The van der Waals surface area contributed by atoms with Gasteiger partial charge in [0.2, 0.25) is 5.88 Å². The molecular weight excluding hydrogens is 404 g/mol. The van der Waals surface area contributed by atoms with Crippen LogP contribution in [0.15, 0.2) is 61.1 Å². The number of carbonyl (C=O) groups is 1. The summed E-state index contributed by atoms with van der Waals surface area (Å²) >= 11 is 0. The summed E-state index contributed by atoms with van der Waals surface area (Å²) in [6, 6.07) is 13.8. The highest BCUT2D eigenvalue weighted by Crippen LogP contribution is 2.32. The molecule has 2 aliphatic rings. The third-order valence-corrected chi connectivity index (χ3v) is 6.28. The van der Waals surface area contributed by atoms with Crippen molar-refractivity contribution < 1.29 is 9.53 Å². The number of pyridine rings is 1. The van der Waals surface area contributed by atoms with E-state index >= 15 is 0 Å². The maximum Gasteiger partial charge on any atom is 0.344 e. The highest BCUT2D eigenvalue weighted by atomic mass is 16.5. The van der Waals surface area contributed by atoms with Crippen molar-refractivity contribution in [1.82, 2.24) is 24.6 Å². The van der Waals surface area contributed by atoms with Crippen molar-refractivity contribution in [1.29, 1.82) is 0 Å². The summed E-state index contributed by atoms with van der Waals surface area (Å²) in [6.45, 7) is 4.47. The molecule has 166 valence electrons. The minimum Gasteiger partial charge on any atom is -0.439 e. The number of ether oxygens (including phenoxy) is 1. The van der Waals surface area contributed by atoms with E-state index in [4.69, 9.17) is 4.74 Å². The van der Waals surface area contributed by atoms with Crippen molar-refractivity contribution in [3.05, 3.63) is 66.6 Å². The van der Waals surface area contributed by atoms with Gasteiger partial charge in [-0.05, 0) is 35.6 Å². The molecule has 0 radical (unpaired) electrons.